The molecule has 1 fully saturated rings. The highest BCUT2D eigenvalue weighted by Crippen LogP contribution is 2.21. The second-order valence-electron chi connectivity index (χ2n) is 5.52. The van der Waals surface area contributed by atoms with E-state index < -0.39 is 6.04 Å². The number of likely N-dealkylation sites (tertiary alicyclic amines) is 1. The first-order valence-electron chi connectivity index (χ1n) is 7.14. The third kappa shape index (κ3) is 3.40. The second kappa shape index (κ2) is 6.40. The maximum Gasteiger partial charge on any atom is 0.247 e. The number of amides is 2. The maximum atomic E-state index is 12.3. The van der Waals surface area contributed by atoms with Crippen molar-refractivity contribution in [3.8, 4) is 6.07 Å². The summed E-state index contributed by atoms with van der Waals surface area (Å²) in [6, 6.07) is 8.34. The van der Waals surface area contributed by atoms with Crippen molar-refractivity contribution in [3.63, 3.8) is 0 Å². The van der Waals surface area contributed by atoms with Crippen molar-refractivity contribution < 1.29 is 9.59 Å². The van der Waals surface area contributed by atoms with Crippen molar-refractivity contribution >= 4 is 17.5 Å². The first-order valence-corrected chi connectivity index (χ1v) is 7.14. The van der Waals surface area contributed by atoms with Crippen LogP contribution in [-0.2, 0) is 9.59 Å². The number of hydrogen-bond acceptors (Lipinski definition) is 3. The van der Waals surface area contributed by atoms with Crippen LogP contribution in [0, 0.1) is 17.2 Å². The van der Waals surface area contributed by atoms with Gasteiger partial charge in [-0.05, 0) is 37.1 Å². The van der Waals surface area contributed by atoms with Crippen LogP contribution in [0.2, 0.25) is 0 Å². The molecular formula is C16H19N3O2. The van der Waals surface area contributed by atoms with Crippen molar-refractivity contribution in [2.75, 3.05) is 11.9 Å². The van der Waals surface area contributed by atoms with E-state index in [9.17, 15) is 9.59 Å². The zero-order valence-electron chi connectivity index (χ0n) is 12.3. The fourth-order valence-electron chi connectivity index (χ4n) is 2.49. The molecule has 0 spiro atoms. The fraction of sp³-hybridized carbons (Fsp3) is 0.438. The molecule has 1 aromatic carbocycles. The minimum Gasteiger partial charge on any atom is -0.330 e. The van der Waals surface area contributed by atoms with E-state index >= 15 is 0 Å². The number of nitrogens with zero attached hydrogens (tertiary/aromatic N) is 2. The molecule has 1 aliphatic heterocycles. The van der Waals surface area contributed by atoms with E-state index in [1.807, 2.05) is 19.9 Å². The average molecular weight is 285 g/mol. The molecule has 110 valence electrons. The number of nitriles is 1. The summed E-state index contributed by atoms with van der Waals surface area (Å²) >= 11 is 0. The summed E-state index contributed by atoms with van der Waals surface area (Å²) in [5.74, 6) is -0.244. The van der Waals surface area contributed by atoms with E-state index in [4.69, 9.17) is 5.26 Å². The number of nitrogens with one attached hydrogen (secondary N) is 1. The normalized spacial score (nSPS) is 17.6. The van der Waals surface area contributed by atoms with Gasteiger partial charge in [-0.25, -0.2) is 0 Å². The molecule has 0 bridgehead atoms. The molecule has 1 saturated heterocycles. The Morgan fingerprint density at radius 1 is 1.33 bits per heavy atom. The number of benzene rings is 1. The Morgan fingerprint density at radius 2 is 2.00 bits per heavy atom. The van der Waals surface area contributed by atoms with Crippen molar-refractivity contribution in [1.29, 1.82) is 5.26 Å². The maximum absolute atomic E-state index is 12.3. The largest absolute Gasteiger partial charge is 0.330 e. The third-order valence-corrected chi connectivity index (χ3v) is 3.61. The van der Waals surface area contributed by atoms with Gasteiger partial charge in [0.05, 0.1) is 11.6 Å². The first-order chi connectivity index (χ1) is 10.0. The van der Waals surface area contributed by atoms with Crippen molar-refractivity contribution in [3.05, 3.63) is 29.8 Å². The molecule has 1 aromatic rings. The van der Waals surface area contributed by atoms with E-state index in [-0.39, 0.29) is 17.7 Å². The van der Waals surface area contributed by atoms with E-state index in [2.05, 4.69) is 5.32 Å². The summed E-state index contributed by atoms with van der Waals surface area (Å²) in [7, 11) is 0. The molecule has 1 N–H and O–H groups in total. The molecule has 0 aliphatic carbocycles. The molecule has 1 aliphatic rings. The van der Waals surface area contributed by atoms with Crippen LogP contribution in [0.3, 0.4) is 0 Å². The Balaban J connectivity index is 2.05. The lowest BCUT2D eigenvalue weighted by Gasteiger charge is -2.25. The van der Waals surface area contributed by atoms with E-state index in [0.717, 1.165) is 6.42 Å². The van der Waals surface area contributed by atoms with Gasteiger partial charge in [0.25, 0.3) is 0 Å². The summed E-state index contributed by atoms with van der Waals surface area (Å²) in [5.41, 5.74) is 1.19. The molecule has 0 saturated carbocycles. The van der Waals surface area contributed by atoms with Gasteiger partial charge < -0.3 is 10.2 Å². The Bertz CT molecular complexity index is 572. The first kappa shape index (κ1) is 15.0. The summed E-state index contributed by atoms with van der Waals surface area (Å²) in [5, 5.41) is 11.6. The smallest absolute Gasteiger partial charge is 0.247 e. The summed E-state index contributed by atoms with van der Waals surface area (Å²) in [6.45, 7) is 4.33. The van der Waals surface area contributed by atoms with Gasteiger partial charge in [0.15, 0.2) is 0 Å². The zero-order valence-corrected chi connectivity index (χ0v) is 12.3. The molecule has 1 atom stereocenters. The Kier molecular flexibility index (Phi) is 4.59. The molecular weight excluding hydrogens is 266 g/mol. The third-order valence-electron chi connectivity index (χ3n) is 3.61. The summed E-state index contributed by atoms with van der Waals surface area (Å²) < 4.78 is 0. The van der Waals surface area contributed by atoms with E-state index in [0.29, 0.717) is 24.2 Å². The van der Waals surface area contributed by atoms with Gasteiger partial charge in [0.2, 0.25) is 11.8 Å². The molecule has 5 heteroatoms. The fourth-order valence-corrected chi connectivity index (χ4v) is 2.49. The standard InChI is InChI=1S/C16H19N3O2/c1-11(2)16(21)19-9-3-4-14(19)15(20)18-13-7-5-12(10-17)6-8-13/h5-8,11,14H,3-4,9H2,1-2H3,(H,18,20). The lowest BCUT2D eigenvalue weighted by Crippen LogP contribution is -2.44. The predicted octanol–water partition coefficient (Wildman–Crippen LogP) is 2.14. The number of carbonyl (C=O) groups excluding carboxylic acids is 2. The Hall–Kier alpha value is -2.35. The van der Waals surface area contributed by atoms with Crippen LogP contribution in [0.4, 0.5) is 5.69 Å². The minimum atomic E-state index is -0.393. The van der Waals surface area contributed by atoms with Crippen LogP contribution >= 0.6 is 0 Å². The van der Waals surface area contributed by atoms with Gasteiger partial charge in [-0.1, -0.05) is 13.8 Å². The molecule has 21 heavy (non-hydrogen) atoms. The highest BCUT2D eigenvalue weighted by molar-refractivity contribution is 5.97. The van der Waals surface area contributed by atoms with Crippen molar-refractivity contribution in [1.82, 2.24) is 4.90 Å². The number of carbonyl (C=O) groups is 2. The molecule has 1 heterocycles. The minimum absolute atomic E-state index is 0.0208. The number of rotatable bonds is 3. The second-order valence-corrected chi connectivity index (χ2v) is 5.52. The molecule has 2 rings (SSSR count). The van der Waals surface area contributed by atoms with Crippen LogP contribution < -0.4 is 5.32 Å². The quantitative estimate of drug-likeness (QED) is 0.924. The van der Waals surface area contributed by atoms with Gasteiger partial charge in [-0.3, -0.25) is 9.59 Å². The summed E-state index contributed by atoms with van der Waals surface area (Å²) in [4.78, 5) is 26.1. The molecule has 5 nitrogen and oxygen atoms in total. The van der Waals surface area contributed by atoms with Crippen LogP contribution in [0.15, 0.2) is 24.3 Å². The van der Waals surface area contributed by atoms with E-state index in [1.54, 1.807) is 29.2 Å². The van der Waals surface area contributed by atoms with Crippen LogP contribution in [0.1, 0.15) is 32.3 Å². The molecule has 0 radical (unpaired) electrons. The molecule has 0 aromatic heterocycles. The Morgan fingerprint density at radius 3 is 2.57 bits per heavy atom. The van der Waals surface area contributed by atoms with E-state index in [1.165, 1.54) is 0 Å². The highest BCUT2D eigenvalue weighted by Gasteiger charge is 2.34. The topological polar surface area (TPSA) is 73.2 Å². The van der Waals surface area contributed by atoms with Crippen LogP contribution in [0.25, 0.3) is 0 Å². The van der Waals surface area contributed by atoms with Crippen molar-refractivity contribution in [2.45, 2.75) is 32.7 Å². The molecule has 1 unspecified atom stereocenters. The SMILES string of the molecule is CC(C)C(=O)N1CCCC1C(=O)Nc1ccc(C#N)cc1. The molecule has 2 amide bonds. The summed E-state index contributed by atoms with van der Waals surface area (Å²) in [6.07, 6.45) is 1.55. The zero-order chi connectivity index (χ0) is 15.4. The van der Waals surface area contributed by atoms with Crippen LogP contribution in [0.5, 0.6) is 0 Å². The average Bonchev–Trinajstić information content (AvgIpc) is 2.96. The van der Waals surface area contributed by atoms with Gasteiger partial charge in [0.1, 0.15) is 6.04 Å². The van der Waals surface area contributed by atoms with Gasteiger partial charge in [-0.2, -0.15) is 5.26 Å². The van der Waals surface area contributed by atoms with Gasteiger partial charge in [0, 0.05) is 18.2 Å². The van der Waals surface area contributed by atoms with Crippen molar-refractivity contribution in [2.24, 2.45) is 5.92 Å². The van der Waals surface area contributed by atoms with Gasteiger partial charge in [-0.15, -0.1) is 0 Å². The monoisotopic (exact) mass is 285 g/mol. The van der Waals surface area contributed by atoms with Crippen LogP contribution in [-0.4, -0.2) is 29.3 Å². The van der Waals surface area contributed by atoms with Gasteiger partial charge >= 0.3 is 0 Å². The lowest BCUT2D eigenvalue weighted by atomic mass is 10.1. The number of hydrogen-bond donors (Lipinski definition) is 1. The lowest BCUT2D eigenvalue weighted by molar-refractivity contribution is -0.139. The Labute approximate surface area is 124 Å². The highest BCUT2D eigenvalue weighted by atomic mass is 16.2. The predicted molar refractivity (Wildman–Crippen MR) is 79.4 cm³/mol. The number of anilines is 1.